The third-order valence-electron chi connectivity index (χ3n) is 7.10. The molecule has 0 spiro atoms. The van der Waals surface area contributed by atoms with Crippen molar-refractivity contribution < 1.29 is 19.7 Å². The van der Waals surface area contributed by atoms with Gasteiger partial charge in [-0.25, -0.2) is 0 Å². The lowest BCUT2D eigenvalue weighted by atomic mass is 9.94. The van der Waals surface area contributed by atoms with E-state index in [1.54, 1.807) is 0 Å². The number of hydrogen-bond acceptors (Lipinski definition) is 5. The first-order chi connectivity index (χ1) is 21.0. The lowest BCUT2D eigenvalue weighted by Crippen LogP contribution is -2.10. The molecule has 5 aromatic rings. The summed E-state index contributed by atoms with van der Waals surface area (Å²) in [6, 6.07) is 41.5. The summed E-state index contributed by atoms with van der Waals surface area (Å²) in [6.07, 6.45) is 2.24. The van der Waals surface area contributed by atoms with Crippen molar-refractivity contribution in [2.75, 3.05) is 31.3 Å². The predicted octanol–water partition coefficient (Wildman–Crippen LogP) is 8.10. The Hall–Kier alpha value is -4.84. The van der Waals surface area contributed by atoms with Crippen molar-refractivity contribution in [1.82, 2.24) is 0 Å². The first-order valence-electron chi connectivity index (χ1n) is 14.5. The highest BCUT2D eigenvalue weighted by molar-refractivity contribution is 5.92. The van der Waals surface area contributed by atoms with Crippen LogP contribution < -0.4 is 14.4 Å². The third-order valence-corrected chi connectivity index (χ3v) is 7.10. The van der Waals surface area contributed by atoms with Crippen LogP contribution in [0.25, 0.3) is 11.6 Å². The van der Waals surface area contributed by atoms with Crippen molar-refractivity contribution in [2.45, 2.75) is 13.8 Å². The van der Waals surface area contributed by atoms with Gasteiger partial charge in [0.1, 0.15) is 24.7 Å². The van der Waals surface area contributed by atoms with Gasteiger partial charge in [-0.05, 0) is 103 Å². The van der Waals surface area contributed by atoms with Gasteiger partial charge in [-0.3, -0.25) is 0 Å². The zero-order valence-corrected chi connectivity index (χ0v) is 24.6. The standard InChI is InChI=1S/C38H37NO4/c1-28-3-9-31(10-4-28)38(32-11-5-29(2)6-12-32)27-30-7-13-33(14-8-30)39(34-15-19-36(20-16-34)42-25-23-40)35-17-21-37(22-18-35)43-26-24-41/h3-22,27,40-41H,23-26H2,1-2H3. The highest BCUT2D eigenvalue weighted by Gasteiger charge is 2.14. The van der Waals surface area contributed by atoms with Gasteiger partial charge in [-0.1, -0.05) is 71.8 Å². The Morgan fingerprint density at radius 3 is 1.28 bits per heavy atom. The van der Waals surface area contributed by atoms with Crippen LogP contribution in [0, 0.1) is 13.8 Å². The topological polar surface area (TPSA) is 62.2 Å². The van der Waals surface area contributed by atoms with E-state index in [-0.39, 0.29) is 26.4 Å². The number of aliphatic hydroxyl groups is 2. The van der Waals surface area contributed by atoms with E-state index in [1.165, 1.54) is 27.8 Å². The molecule has 0 aliphatic heterocycles. The monoisotopic (exact) mass is 571 g/mol. The fourth-order valence-corrected chi connectivity index (χ4v) is 4.84. The number of nitrogens with zero attached hydrogens (tertiary/aromatic N) is 1. The summed E-state index contributed by atoms with van der Waals surface area (Å²) >= 11 is 0. The lowest BCUT2D eigenvalue weighted by Gasteiger charge is -2.26. The first kappa shape index (κ1) is 29.6. The van der Waals surface area contributed by atoms with Gasteiger partial charge in [0.15, 0.2) is 0 Å². The second kappa shape index (κ2) is 14.4. The van der Waals surface area contributed by atoms with Gasteiger partial charge in [0.2, 0.25) is 0 Å². The van der Waals surface area contributed by atoms with Crippen LogP contribution in [0.3, 0.4) is 0 Å². The fraction of sp³-hybridized carbons (Fsp3) is 0.158. The second-order valence-electron chi connectivity index (χ2n) is 10.3. The maximum atomic E-state index is 9.11. The first-order valence-corrected chi connectivity index (χ1v) is 14.5. The zero-order chi connectivity index (χ0) is 30.0. The highest BCUT2D eigenvalue weighted by atomic mass is 16.5. The van der Waals surface area contributed by atoms with E-state index in [0.29, 0.717) is 11.5 Å². The molecule has 5 nitrogen and oxygen atoms in total. The van der Waals surface area contributed by atoms with Crippen LogP contribution >= 0.6 is 0 Å². The molecule has 0 atom stereocenters. The number of ether oxygens (including phenoxy) is 2. The fourth-order valence-electron chi connectivity index (χ4n) is 4.84. The molecule has 5 heteroatoms. The lowest BCUT2D eigenvalue weighted by molar-refractivity contribution is 0.201. The van der Waals surface area contributed by atoms with Crippen LogP contribution in [0.2, 0.25) is 0 Å². The molecule has 0 amide bonds. The Morgan fingerprint density at radius 2 is 0.907 bits per heavy atom. The van der Waals surface area contributed by atoms with Gasteiger partial charge in [-0.15, -0.1) is 0 Å². The van der Waals surface area contributed by atoms with E-state index in [9.17, 15) is 0 Å². The van der Waals surface area contributed by atoms with E-state index in [4.69, 9.17) is 19.7 Å². The quantitative estimate of drug-likeness (QED) is 0.148. The smallest absolute Gasteiger partial charge is 0.119 e. The van der Waals surface area contributed by atoms with Gasteiger partial charge in [-0.2, -0.15) is 0 Å². The van der Waals surface area contributed by atoms with Crippen LogP contribution in [0.1, 0.15) is 27.8 Å². The Labute approximate surface area is 253 Å². The Balaban J connectivity index is 1.50. The second-order valence-corrected chi connectivity index (χ2v) is 10.3. The number of anilines is 3. The maximum Gasteiger partial charge on any atom is 0.119 e. The van der Waals surface area contributed by atoms with Crippen molar-refractivity contribution in [3.8, 4) is 11.5 Å². The largest absolute Gasteiger partial charge is 0.491 e. The SMILES string of the molecule is Cc1ccc(C(=Cc2ccc(N(c3ccc(OCCO)cc3)c3ccc(OCCO)cc3)cc2)c2ccc(C)cc2)cc1. The molecule has 0 heterocycles. The Kier molecular flexibility index (Phi) is 9.90. The molecule has 218 valence electrons. The summed E-state index contributed by atoms with van der Waals surface area (Å²) in [4.78, 5) is 2.17. The number of rotatable bonds is 12. The molecular weight excluding hydrogens is 534 g/mol. The molecule has 0 unspecified atom stereocenters. The zero-order valence-electron chi connectivity index (χ0n) is 24.6. The van der Waals surface area contributed by atoms with E-state index in [1.807, 2.05) is 48.5 Å². The third kappa shape index (κ3) is 7.72. The Bertz CT molecular complexity index is 1510. The Morgan fingerprint density at radius 1 is 0.535 bits per heavy atom. The summed E-state index contributed by atoms with van der Waals surface area (Å²) in [5.41, 5.74) is 10.0. The predicted molar refractivity (Wildman–Crippen MR) is 176 cm³/mol. The van der Waals surface area contributed by atoms with Crippen LogP contribution in [0.4, 0.5) is 17.1 Å². The molecule has 0 fully saturated rings. The van der Waals surface area contributed by atoms with Crippen molar-refractivity contribution in [1.29, 1.82) is 0 Å². The van der Waals surface area contributed by atoms with Gasteiger partial charge in [0.05, 0.1) is 13.2 Å². The van der Waals surface area contributed by atoms with Crippen LogP contribution in [0.15, 0.2) is 121 Å². The number of aryl methyl sites for hydroxylation is 2. The average molecular weight is 572 g/mol. The molecule has 0 radical (unpaired) electrons. The van der Waals surface area contributed by atoms with Crippen molar-refractivity contribution in [3.05, 3.63) is 149 Å². The molecule has 2 N–H and O–H groups in total. The number of hydrogen-bond donors (Lipinski definition) is 2. The molecule has 0 saturated heterocycles. The molecule has 5 aromatic carbocycles. The maximum absolute atomic E-state index is 9.11. The molecular formula is C38H37NO4. The van der Waals surface area contributed by atoms with E-state index in [0.717, 1.165) is 22.6 Å². The minimum Gasteiger partial charge on any atom is -0.491 e. The minimum atomic E-state index is -0.0328. The molecule has 43 heavy (non-hydrogen) atoms. The van der Waals surface area contributed by atoms with Crippen LogP contribution in [0.5, 0.6) is 11.5 Å². The number of benzene rings is 5. The molecule has 0 aromatic heterocycles. The molecule has 0 saturated carbocycles. The van der Waals surface area contributed by atoms with Crippen molar-refractivity contribution in [3.63, 3.8) is 0 Å². The van der Waals surface area contributed by atoms with Gasteiger partial charge in [0, 0.05) is 17.1 Å². The van der Waals surface area contributed by atoms with Crippen LogP contribution in [-0.4, -0.2) is 36.6 Å². The molecule has 0 aliphatic rings. The minimum absolute atomic E-state index is 0.0328. The van der Waals surface area contributed by atoms with Gasteiger partial charge >= 0.3 is 0 Å². The summed E-state index contributed by atoms with van der Waals surface area (Å²) in [5.74, 6) is 1.40. The molecule has 0 aliphatic carbocycles. The highest BCUT2D eigenvalue weighted by Crippen LogP contribution is 2.37. The summed E-state index contributed by atoms with van der Waals surface area (Å²) < 4.78 is 11.2. The molecule has 0 bridgehead atoms. The van der Waals surface area contributed by atoms with Gasteiger partial charge in [0.25, 0.3) is 0 Å². The van der Waals surface area contributed by atoms with E-state index < -0.39 is 0 Å². The summed E-state index contributed by atoms with van der Waals surface area (Å²) in [5, 5.41) is 18.2. The van der Waals surface area contributed by atoms with Gasteiger partial charge < -0.3 is 24.6 Å². The normalized spacial score (nSPS) is 10.7. The van der Waals surface area contributed by atoms with Crippen molar-refractivity contribution in [2.24, 2.45) is 0 Å². The van der Waals surface area contributed by atoms with Crippen LogP contribution in [-0.2, 0) is 0 Å². The average Bonchev–Trinajstić information content (AvgIpc) is 3.05. The van der Waals surface area contributed by atoms with Crippen molar-refractivity contribution >= 4 is 28.7 Å². The van der Waals surface area contributed by atoms with E-state index in [2.05, 4.69) is 97.6 Å². The summed E-state index contributed by atoms with van der Waals surface area (Å²) in [7, 11) is 0. The molecule has 5 rings (SSSR count). The summed E-state index contributed by atoms with van der Waals surface area (Å²) in [6.45, 7) is 4.65. The number of aliphatic hydroxyl groups excluding tert-OH is 2. The van der Waals surface area contributed by atoms with E-state index >= 15 is 0 Å².